The summed E-state index contributed by atoms with van der Waals surface area (Å²) >= 11 is 0. The van der Waals surface area contributed by atoms with E-state index in [2.05, 4.69) is 5.32 Å². The summed E-state index contributed by atoms with van der Waals surface area (Å²) in [6.07, 6.45) is 2.75. The first-order valence-electron chi connectivity index (χ1n) is 12.0. The molecule has 1 atom stereocenters. The van der Waals surface area contributed by atoms with Crippen molar-refractivity contribution < 1.29 is 32.2 Å². The Morgan fingerprint density at radius 1 is 0.973 bits per heavy atom. The lowest BCUT2D eigenvalue weighted by molar-refractivity contribution is -0.139. The fraction of sp³-hybridized carbons (Fsp3) is 0.462. The SMILES string of the molecule is CCCCNC(=O)[C@H](C)N(Cc1ccc(OC)cc1)C(=O)CN(c1ccc(OC)c(OC)c1)S(C)(=O)=O. The molecule has 0 heterocycles. The number of carbonyl (C=O) groups excluding carboxylic acids is 2. The minimum Gasteiger partial charge on any atom is -0.497 e. The van der Waals surface area contributed by atoms with Crippen LogP contribution in [0, 0.1) is 0 Å². The average molecular weight is 536 g/mol. The smallest absolute Gasteiger partial charge is 0.244 e. The summed E-state index contributed by atoms with van der Waals surface area (Å²) in [6.45, 7) is 3.74. The van der Waals surface area contributed by atoms with Gasteiger partial charge in [0.05, 0.1) is 33.3 Å². The van der Waals surface area contributed by atoms with Crippen molar-refractivity contribution in [1.82, 2.24) is 10.2 Å². The van der Waals surface area contributed by atoms with Gasteiger partial charge in [-0.05, 0) is 43.2 Å². The lowest BCUT2D eigenvalue weighted by atomic mass is 10.1. The minimum atomic E-state index is -3.86. The number of nitrogens with one attached hydrogen (secondary N) is 1. The molecule has 37 heavy (non-hydrogen) atoms. The van der Waals surface area contributed by atoms with Crippen LogP contribution < -0.4 is 23.8 Å². The molecule has 2 aromatic rings. The van der Waals surface area contributed by atoms with Crippen LogP contribution in [0.2, 0.25) is 0 Å². The normalized spacial score (nSPS) is 11.8. The fourth-order valence-corrected chi connectivity index (χ4v) is 4.48. The van der Waals surface area contributed by atoms with Crippen molar-refractivity contribution in [1.29, 1.82) is 0 Å². The predicted octanol–water partition coefficient (Wildman–Crippen LogP) is 2.81. The number of hydrogen-bond acceptors (Lipinski definition) is 7. The molecule has 2 amide bonds. The van der Waals surface area contributed by atoms with Crippen LogP contribution in [0.1, 0.15) is 32.3 Å². The van der Waals surface area contributed by atoms with Crippen LogP contribution in [-0.2, 0) is 26.2 Å². The van der Waals surface area contributed by atoms with E-state index in [-0.39, 0.29) is 18.1 Å². The highest BCUT2D eigenvalue weighted by Gasteiger charge is 2.30. The molecule has 0 spiro atoms. The zero-order valence-electron chi connectivity index (χ0n) is 22.3. The van der Waals surface area contributed by atoms with E-state index >= 15 is 0 Å². The number of rotatable bonds is 14. The molecule has 0 unspecified atom stereocenters. The van der Waals surface area contributed by atoms with Gasteiger partial charge < -0.3 is 24.4 Å². The molecule has 1 N–H and O–H groups in total. The average Bonchev–Trinajstić information content (AvgIpc) is 2.89. The molecule has 0 aliphatic carbocycles. The van der Waals surface area contributed by atoms with Crippen molar-refractivity contribution in [3.63, 3.8) is 0 Å². The number of carbonyl (C=O) groups is 2. The van der Waals surface area contributed by atoms with Gasteiger partial charge in [0.1, 0.15) is 18.3 Å². The van der Waals surface area contributed by atoms with E-state index in [1.807, 2.05) is 6.92 Å². The zero-order chi connectivity index (χ0) is 27.6. The molecule has 0 saturated carbocycles. The van der Waals surface area contributed by atoms with E-state index in [4.69, 9.17) is 14.2 Å². The van der Waals surface area contributed by atoms with Crippen LogP contribution >= 0.6 is 0 Å². The Balaban J connectivity index is 2.40. The Labute approximate surface area is 219 Å². The summed E-state index contributed by atoms with van der Waals surface area (Å²) < 4.78 is 42.2. The number of anilines is 1. The Kier molecular flexibility index (Phi) is 11.0. The van der Waals surface area contributed by atoms with Gasteiger partial charge in [-0.25, -0.2) is 8.42 Å². The third-order valence-corrected chi connectivity index (χ3v) is 6.98. The van der Waals surface area contributed by atoms with Crippen LogP contribution in [0.4, 0.5) is 5.69 Å². The van der Waals surface area contributed by atoms with Crippen LogP contribution in [0.15, 0.2) is 42.5 Å². The Morgan fingerprint density at radius 3 is 2.16 bits per heavy atom. The standard InChI is InChI=1S/C26H37N3O7S/c1-7-8-15-27-26(31)19(2)28(17-20-9-12-22(34-3)13-10-20)25(30)18-29(37(6,32)33)21-11-14-23(35-4)24(16-21)36-5/h9-14,16,19H,7-8,15,17-18H2,1-6H3,(H,27,31)/t19-/m0/s1. The maximum atomic E-state index is 13.6. The number of hydrogen-bond donors (Lipinski definition) is 1. The summed E-state index contributed by atoms with van der Waals surface area (Å²) in [5.74, 6) is 0.551. The first-order valence-corrected chi connectivity index (χ1v) is 13.8. The Morgan fingerprint density at radius 2 is 1.62 bits per heavy atom. The van der Waals surface area contributed by atoms with Crippen molar-refractivity contribution in [2.45, 2.75) is 39.3 Å². The van der Waals surface area contributed by atoms with E-state index in [1.54, 1.807) is 44.4 Å². The lowest BCUT2D eigenvalue weighted by Gasteiger charge is -2.31. The molecule has 0 saturated heterocycles. The molecule has 0 fully saturated rings. The molecule has 11 heteroatoms. The topological polar surface area (TPSA) is 114 Å². The third kappa shape index (κ3) is 8.28. The predicted molar refractivity (Wildman–Crippen MR) is 143 cm³/mol. The highest BCUT2D eigenvalue weighted by Crippen LogP contribution is 2.32. The molecule has 10 nitrogen and oxygen atoms in total. The summed E-state index contributed by atoms with van der Waals surface area (Å²) in [7, 11) is 0.602. The number of unbranched alkanes of at least 4 members (excludes halogenated alkanes) is 1. The first kappa shape index (κ1) is 29.8. The third-order valence-electron chi connectivity index (χ3n) is 5.84. The first-order chi connectivity index (χ1) is 17.5. The molecular weight excluding hydrogens is 498 g/mol. The number of sulfonamides is 1. The zero-order valence-corrected chi connectivity index (χ0v) is 23.1. The molecule has 0 aliphatic rings. The van der Waals surface area contributed by atoms with Crippen molar-refractivity contribution in [3.05, 3.63) is 48.0 Å². The molecule has 2 aromatic carbocycles. The van der Waals surface area contributed by atoms with Gasteiger partial charge in [0, 0.05) is 19.2 Å². The second kappa shape index (κ2) is 13.7. The Bertz CT molecular complexity index is 1150. The van der Waals surface area contributed by atoms with Crippen LogP contribution in [-0.4, -0.2) is 71.8 Å². The number of amides is 2. The largest absolute Gasteiger partial charge is 0.497 e. The van der Waals surface area contributed by atoms with Gasteiger partial charge in [0.25, 0.3) is 0 Å². The van der Waals surface area contributed by atoms with E-state index in [0.717, 1.165) is 29.0 Å². The number of nitrogens with zero attached hydrogens (tertiary/aromatic N) is 2. The quantitative estimate of drug-likeness (QED) is 0.370. The summed E-state index contributed by atoms with van der Waals surface area (Å²) in [6, 6.07) is 10.9. The monoisotopic (exact) mass is 535 g/mol. The van der Waals surface area contributed by atoms with Crippen molar-refractivity contribution in [2.75, 3.05) is 45.0 Å². The highest BCUT2D eigenvalue weighted by atomic mass is 32.2. The van der Waals surface area contributed by atoms with Gasteiger partial charge in [0.15, 0.2) is 11.5 Å². The summed E-state index contributed by atoms with van der Waals surface area (Å²) in [4.78, 5) is 27.9. The molecule has 204 valence electrons. The molecular formula is C26H37N3O7S. The summed E-state index contributed by atoms with van der Waals surface area (Å²) in [5, 5.41) is 2.85. The molecule has 0 aromatic heterocycles. The molecule has 0 aliphatic heterocycles. The minimum absolute atomic E-state index is 0.106. The van der Waals surface area contributed by atoms with Crippen molar-refractivity contribution in [2.24, 2.45) is 0 Å². The molecule has 0 bridgehead atoms. The molecule has 2 rings (SSSR count). The molecule has 0 radical (unpaired) electrons. The van der Waals surface area contributed by atoms with E-state index < -0.39 is 28.5 Å². The number of benzene rings is 2. The number of ether oxygens (including phenoxy) is 3. The maximum Gasteiger partial charge on any atom is 0.244 e. The van der Waals surface area contributed by atoms with E-state index in [1.165, 1.54) is 31.3 Å². The second-order valence-electron chi connectivity index (χ2n) is 8.50. The fourth-order valence-electron chi connectivity index (χ4n) is 3.64. The second-order valence-corrected chi connectivity index (χ2v) is 10.4. The van der Waals surface area contributed by atoms with Gasteiger partial charge in [0.2, 0.25) is 21.8 Å². The summed E-state index contributed by atoms with van der Waals surface area (Å²) in [5.41, 5.74) is 0.998. The van der Waals surface area contributed by atoms with Gasteiger partial charge in [-0.1, -0.05) is 25.5 Å². The number of methoxy groups -OCH3 is 3. The van der Waals surface area contributed by atoms with Crippen molar-refractivity contribution >= 4 is 27.5 Å². The van der Waals surface area contributed by atoms with E-state index in [0.29, 0.717) is 23.8 Å². The van der Waals surface area contributed by atoms with Crippen molar-refractivity contribution in [3.8, 4) is 17.2 Å². The van der Waals surface area contributed by atoms with Crippen LogP contribution in [0.5, 0.6) is 17.2 Å². The van der Waals surface area contributed by atoms with Gasteiger partial charge in [-0.15, -0.1) is 0 Å². The van der Waals surface area contributed by atoms with E-state index in [9.17, 15) is 18.0 Å². The Hall–Kier alpha value is -3.47. The highest BCUT2D eigenvalue weighted by molar-refractivity contribution is 7.92. The van der Waals surface area contributed by atoms with Gasteiger partial charge >= 0.3 is 0 Å². The van der Waals surface area contributed by atoms with Crippen LogP contribution in [0.25, 0.3) is 0 Å². The lowest BCUT2D eigenvalue weighted by Crippen LogP contribution is -2.51. The van der Waals surface area contributed by atoms with Gasteiger partial charge in [-0.3, -0.25) is 13.9 Å². The van der Waals surface area contributed by atoms with Crippen LogP contribution in [0.3, 0.4) is 0 Å². The van der Waals surface area contributed by atoms with Gasteiger partial charge in [-0.2, -0.15) is 0 Å². The maximum absolute atomic E-state index is 13.6.